The first-order chi connectivity index (χ1) is 7.13. The second-order valence-electron chi connectivity index (χ2n) is 3.62. The molecular weight excluding hydrogens is 322 g/mol. The molecule has 0 aliphatic carbocycles. The van der Waals surface area contributed by atoms with E-state index < -0.39 is 0 Å². The van der Waals surface area contributed by atoms with Gasteiger partial charge < -0.3 is 0 Å². The zero-order valence-corrected chi connectivity index (χ0v) is 11.8. The van der Waals surface area contributed by atoms with Crippen LogP contribution in [-0.4, -0.2) is 26.2 Å². The number of hydrogen-bond acceptors (Lipinski definition) is 3. The van der Waals surface area contributed by atoms with Gasteiger partial charge in [0.25, 0.3) is 0 Å². The van der Waals surface area contributed by atoms with Crippen LogP contribution in [0.1, 0.15) is 18.7 Å². The van der Waals surface area contributed by atoms with Crippen LogP contribution < -0.4 is 0 Å². The Morgan fingerprint density at radius 3 is 2.20 bits per heavy atom. The van der Waals surface area contributed by atoms with E-state index in [-0.39, 0.29) is 12.3 Å². The fourth-order valence-corrected chi connectivity index (χ4v) is 3.10. The molecule has 1 aromatic rings. The highest BCUT2D eigenvalue weighted by molar-refractivity contribution is 9.08. The molecule has 2 rings (SSSR count). The van der Waals surface area contributed by atoms with Gasteiger partial charge in [0.15, 0.2) is 0 Å². The summed E-state index contributed by atoms with van der Waals surface area (Å²) in [6.07, 6.45) is 0.501. The first-order valence-electron chi connectivity index (χ1n) is 4.79. The molecule has 0 N–H and O–H groups in total. The second kappa shape index (κ2) is 4.51. The van der Waals surface area contributed by atoms with Gasteiger partial charge in [-0.15, -0.1) is 0 Å². The Balaban J connectivity index is 2.30. The van der Waals surface area contributed by atoms with Crippen molar-refractivity contribution in [3.63, 3.8) is 0 Å². The normalized spacial score (nSPS) is 29.9. The van der Waals surface area contributed by atoms with Crippen molar-refractivity contribution in [2.45, 2.75) is 19.3 Å². The molecule has 5 heteroatoms. The summed E-state index contributed by atoms with van der Waals surface area (Å²) < 4.78 is 4.16. The van der Waals surface area contributed by atoms with Crippen molar-refractivity contribution in [3.05, 3.63) is 35.9 Å². The van der Waals surface area contributed by atoms with Gasteiger partial charge in [-0.25, -0.2) is 8.93 Å². The van der Waals surface area contributed by atoms with Crippen LogP contribution in [-0.2, 0) is 0 Å². The molecule has 1 heterocycles. The number of rotatable bonds is 1. The van der Waals surface area contributed by atoms with Crippen LogP contribution >= 0.6 is 32.3 Å². The molecule has 3 nitrogen and oxygen atoms in total. The molecular formula is C10H13Br2N3. The van der Waals surface area contributed by atoms with Gasteiger partial charge in [-0.05, 0) is 12.5 Å². The van der Waals surface area contributed by atoms with Gasteiger partial charge in [-0.2, -0.15) is 4.03 Å². The minimum absolute atomic E-state index is 0.223. The first-order valence-corrected chi connectivity index (χ1v) is 6.21. The monoisotopic (exact) mass is 333 g/mol. The molecule has 1 fully saturated rings. The average molecular weight is 335 g/mol. The maximum Gasteiger partial charge on any atom is 0.114 e. The Kier molecular flexibility index (Phi) is 3.47. The maximum atomic E-state index is 3.61. The van der Waals surface area contributed by atoms with E-state index in [1.807, 2.05) is 10.1 Å². The van der Waals surface area contributed by atoms with Gasteiger partial charge in [-0.1, -0.05) is 30.3 Å². The highest BCUT2D eigenvalue weighted by atomic mass is 79.9. The van der Waals surface area contributed by atoms with E-state index in [1.165, 1.54) is 5.56 Å². The highest BCUT2D eigenvalue weighted by Crippen LogP contribution is 2.39. The Hall–Kier alpha value is 0.0600. The van der Waals surface area contributed by atoms with Crippen LogP contribution in [0.3, 0.4) is 0 Å². The van der Waals surface area contributed by atoms with Gasteiger partial charge in [0.1, 0.15) is 6.17 Å². The van der Waals surface area contributed by atoms with Crippen molar-refractivity contribution in [1.29, 1.82) is 0 Å². The van der Waals surface area contributed by atoms with E-state index in [1.54, 1.807) is 0 Å². The number of hydrazine groups is 1. The lowest BCUT2D eigenvalue weighted by atomic mass is 10.2. The Bertz CT molecular complexity index is 319. The summed E-state index contributed by atoms with van der Waals surface area (Å²) in [5, 5.41) is 2.15. The summed E-state index contributed by atoms with van der Waals surface area (Å²) in [7, 11) is 2.06. The molecule has 2 atom stereocenters. The Labute approximate surface area is 107 Å². The smallest absolute Gasteiger partial charge is 0.114 e. The topological polar surface area (TPSA) is 9.72 Å². The van der Waals surface area contributed by atoms with Gasteiger partial charge in [0, 0.05) is 39.3 Å². The summed E-state index contributed by atoms with van der Waals surface area (Å²) in [4.78, 5) is 0. The molecule has 0 aromatic heterocycles. The Morgan fingerprint density at radius 1 is 1.13 bits per heavy atom. The number of nitrogens with zero attached hydrogens (tertiary/aromatic N) is 3. The Morgan fingerprint density at radius 2 is 1.73 bits per heavy atom. The number of benzene rings is 1. The lowest BCUT2D eigenvalue weighted by molar-refractivity contribution is 0.115. The van der Waals surface area contributed by atoms with Gasteiger partial charge in [0.05, 0.1) is 6.17 Å². The minimum atomic E-state index is 0.223. The molecule has 0 radical (unpaired) electrons. The predicted octanol–water partition coefficient (Wildman–Crippen LogP) is 3.12. The van der Waals surface area contributed by atoms with E-state index in [2.05, 4.69) is 79.5 Å². The summed E-state index contributed by atoms with van der Waals surface area (Å²) in [6, 6.07) is 10.4. The second-order valence-corrected chi connectivity index (χ2v) is 5.17. The van der Waals surface area contributed by atoms with Crippen LogP contribution in [0.2, 0.25) is 0 Å². The summed E-state index contributed by atoms with van der Waals surface area (Å²) in [6.45, 7) is 2.13. The van der Waals surface area contributed by atoms with Crippen molar-refractivity contribution >= 4 is 32.3 Å². The SMILES string of the molecule is CC1N(Br)C(c2ccccc2)N(C)N1Br. The third kappa shape index (κ3) is 1.99. The molecule has 2 unspecified atom stereocenters. The number of halogens is 2. The van der Waals surface area contributed by atoms with Crippen LogP contribution in [0.5, 0.6) is 0 Å². The maximum absolute atomic E-state index is 3.61. The molecule has 1 aromatic carbocycles. The zero-order chi connectivity index (χ0) is 11.0. The predicted molar refractivity (Wildman–Crippen MR) is 67.9 cm³/mol. The summed E-state index contributed by atoms with van der Waals surface area (Å²) in [5.74, 6) is 0. The lowest BCUT2D eigenvalue weighted by Crippen LogP contribution is -2.29. The van der Waals surface area contributed by atoms with Crippen LogP contribution in [0.25, 0.3) is 0 Å². The van der Waals surface area contributed by atoms with E-state index in [0.29, 0.717) is 0 Å². The van der Waals surface area contributed by atoms with Crippen molar-refractivity contribution < 1.29 is 0 Å². The fourth-order valence-electron chi connectivity index (χ4n) is 1.81. The summed E-state index contributed by atoms with van der Waals surface area (Å²) in [5.41, 5.74) is 1.27. The zero-order valence-electron chi connectivity index (χ0n) is 8.64. The molecule has 1 saturated heterocycles. The molecule has 1 aliphatic rings. The van der Waals surface area contributed by atoms with E-state index >= 15 is 0 Å². The quantitative estimate of drug-likeness (QED) is 0.731. The van der Waals surface area contributed by atoms with Crippen molar-refractivity contribution in [2.75, 3.05) is 7.05 Å². The highest BCUT2D eigenvalue weighted by Gasteiger charge is 2.40. The van der Waals surface area contributed by atoms with E-state index in [0.717, 1.165) is 0 Å². The minimum Gasteiger partial charge on any atom is -0.211 e. The van der Waals surface area contributed by atoms with Gasteiger partial charge in [0.2, 0.25) is 0 Å². The fraction of sp³-hybridized carbons (Fsp3) is 0.400. The van der Waals surface area contributed by atoms with Crippen molar-refractivity contribution in [1.82, 2.24) is 13.0 Å². The van der Waals surface area contributed by atoms with Crippen LogP contribution in [0.4, 0.5) is 0 Å². The molecule has 0 bridgehead atoms. The van der Waals surface area contributed by atoms with Crippen molar-refractivity contribution in [2.24, 2.45) is 0 Å². The molecule has 0 spiro atoms. The van der Waals surface area contributed by atoms with E-state index in [4.69, 9.17) is 0 Å². The third-order valence-corrected chi connectivity index (χ3v) is 4.73. The standard InChI is InChI=1S/C10H13Br2N3/c1-8-14(11)10(13(2)15(8)12)9-6-4-3-5-7-9/h3-8,10H,1-2H3. The van der Waals surface area contributed by atoms with Crippen LogP contribution in [0.15, 0.2) is 30.3 Å². The number of hydrogen-bond donors (Lipinski definition) is 0. The largest absolute Gasteiger partial charge is 0.211 e. The first kappa shape index (κ1) is 11.5. The third-order valence-electron chi connectivity index (χ3n) is 2.65. The van der Waals surface area contributed by atoms with E-state index in [9.17, 15) is 0 Å². The molecule has 1 aliphatic heterocycles. The molecule has 15 heavy (non-hydrogen) atoms. The van der Waals surface area contributed by atoms with Gasteiger partial charge >= 0.3 is 0 Å². The van der Waals surface area contributed by atoms with Crippen molar-refractivity contribution in [3.8, 4) is 0 Å². The molecule has 0 saturated carbocycles. The lowest BCUT2D eigenvalue weighted by Gasteiger charge is -2.23. The molecule has 0 amide bonds. The molecule has 82 valence electrons. The summed E-state index contributed by atoms with van der Waals surface area (Å²) >= 11 is 7.14. The van der Waals surface area contributed by atoms with Crippen LogP contribution in [0, 0.1) is 0 Å². The average Bonchev–Trinajstić information content (AvgIpc) is 2.45. The van der Waals surface area contributed by atoms with Gasteiger partial charge in [-0.3, -0.25) is 0 Å².